The molecule has 0 atom stereocenters. The minimum atomic E-state index is 0.957. The van der Waals surface area contributed by atoms with Crippen LogP contribution in [0.2, 0.25) is 0 Å². The van der Waals surface area contributed by atoms with Crippen molar-refractivity contribution < 1.29 is 0 Å². The maximum atomic E-state index is 4.45. The lowest BCUT2D eigenvalue weighted by Crippen LogP contribution is -2.15. The Kier molecular flexibility index (Phi) is 16.7. The van der Waals surface area contributed by atoms with Crippen molar-refractivity contribution in [2.24, 2.45) is 4.99 Å². The van der Waals surface area contributed by atoms with Crippen molar-refractivity contribution in [1.82, 2.24) is 4.31 Å². The summed E-state index contributed by atoms with van der Waals surface area (Å²) in [6, 6.07) is 0. The van der Waals surface area contributed by atoms with Gasteiger partial charge in [-0.3, -0.25) is 4.99 Å². The van der Waals surface area contributed by atoms with Gasteiger partial charge >= 0.3 is 0 Å². The van der Waals surface area contributed by atoms with Crippen LogP contribution >= 0.6 is 11.9 Å². The zero-order chi connectivity index (χ0) is 14.9. The zero-order valence-corrected chi connectivity index (χ0v) is 14.9. The fourth-order valence-corrected chi connectivity index (χ4v) is 3.08. The molecule has 0 bridgehead atoms. The van der Waals surface area contributed by atoms with Gasteiger partial charge in [0.25, 0.3) is 0 Å². The molecule has 3 heteroatoms. The Morgan fingerprint density at radius 3 is 2.05 bits per heavy atom. The molecule has 2 nitrogen and oxygen atoms in total. The van der Waals surface area contributed by atoms with Crippen LogP contribution in [0.15, 0.2) is 4.99 Å². The van der Waals surface area contributed by atoms with Crippen LogP contribution in [0.3, 0.4) is 0 Å². The molecule has 0 aliphatic heterocycles. The van der Waals surface area contributed by atoms with Crippen LogP contribution in [0.4, 0.5) is 0 Å². The first-order valence-electron chi connectivity index (χ1n) is 8.74. The molecule has 0 aromatic carbocycles. The highest BCUT2D eigenvalue weighted by molar-refractivity contribution is 7.97. The Labute approximate surface area is 131 Å². The Morgan fingerprint density at radius 1 is 0.800 bits per heavy atom. The van der Waals surface area contributed by atoms with Crippen LogP contribution in [0.5, 0.6) is 0 Å². The Hall–Kier alpha value is -0.180. The van der Waals surface area contributed by atoms with Crippen LogP contribution in [0, 0.1) is 0 Å². The maximum Gasteiger partial charge on any atom is 0.0949 e. The van der Waals surface area contributed by atoms with Crippen molar-refractivity contribution in [2.45, 2.75) is 85.0 Å². The maximum absolute atomic E-state index is 4.45. The molecule has 0 aromatic heterocycles. The largest absolute Gasteiger partial charge is 0.307 e. The normalized spacial score (nSPS) is 11.3. The van der Waals surface area contributed by atoms with Crippen LogP contribution < -0.4 is 0 Å². The molecule has 0 aliphatic rings. The third kappa shape index (κ3) is 14.2. The van der Waals surface area contributed by atoms with Gasteiger partial charge in [0.2, 0.25) is 0 Å². The van der Waals surface area contributed by atoms with E-state index >= 15 is 0 Å². The van der Waals surface area contributed by atoms with Crippen LogP contribution in [-0.4, -0.2) is 29.5 Å². The summed E-state index contributed by atoms with van der Waals surface area (Å²) < 4.78 is 2.32. The Bertz CT molecular complexity index is 207. The van der Waals surface area contributed by atoms with Crippen molar-refractivity contribution in [1.29, 1.82) is 0 Å². The van der Waals surface area contributed by atoms with Crippen LogP contribution in [0.25, 0.3) is 0 Å². The summed E-state index contributed by atoms with van der Waals surface area (Å²) in [7, 11) is 0. The van der Waals surface area contributed by atoms with E-state index in [-0.39, 0.29) is 0 Å². The molecule has 0 aromatic rings. The Morgan fingerprint density at radius 2 is 1.45 bits per heavy atom. The first-order chi connectivity index (χ1) is 9.85. The number of hydrogen-bond acceptors (Lipinski definition) is 2. The van der Waals surface area contributed by atoms with Crippen molar-refractivity contribution in [3.63, 3.8) is 0 Å². The summed E-state index contributed by atoms with van der Waals surface area (Å²) in [6.45, 7) is 8.77. The fraction of sp³-hybridized carbons (Fsp3) is 0.941. The van der Waals surface area contributed by atoms with Crippen molar-refractivity contribution in [3.05, 3.63) is 0 Å². The summed E-state index contributed by atoms with van der Waals surface area (Å²) >= 11 is 1.95. The number of aliphatic imine (C=N–C) groups is 1. The van der Waals surface area contributed by atoms with Gasteiger partial charge in [-0.1, -0.05) is 65.7 Å². The molecule has 0 spiro atoms. The van der Waals surface area contributed by atoms with Gasteiger partial charge in [-0.2, -0.15) is 0 Å². The predicted octanol–water partition coefficient (Wildman–Crippen LogP) is 5.93. The van der Waals surface area contributed by atoms with Crippen LogP contribution in [0.1, 0.15) is 85.0 Å². The van der Waals surface area contributed by atoms with E-state index in [0.29, 0.717) is 0 Å². The van der Waals surface area contributed by atoms with Gasteiger partial charge in [0, 0.05) is 18.8 Å². The van der Waals surface area contributed by atoms with Crippen molar-refractivity contribution >= 4 is 18.3 Å². The van der Waals surface area contributed by atoms with Crippen molar-refractivity contribution in [3.8, 4) is 0 Å². The molecular formula is C17H36N2S. The highest BCUT2D eigenvalue weighted by atomic mass is 32.2. The molecule has 0 radical (unpaired) electrons. The smallest absolute Gasteiger partial charge is 0.0949 e. The first kappa shape index (κ1) is 19.8. The first-order valence-corrected chi connectivity index (χ1v) is 9.68. The highest BCUT2D eigenvalue weighted by Crippen LogP contribution is 2.14. The molecular weight excluding hydrogens is 264 g/mol. The average molecular weight is 301 g/mol. The van der Waals surface area contributed by atoms with E-state index < -0.39 is 0 Å². The van der Waals surface area contributed by atoms with E-state index in [0.717, 1.165) is 19.5 Å². The molecule has 20 heavy (non-hydrogen) atoms. The number of rotatable bonds is 15. The molecule has 0 heterocycles. The standard InChI is InChI=1S/C17H36N2S/c1-4-7-8-9-10-11-12-13-16-20-19(15-6-3)17-18-14-5-2/h17H,4-16H2,1-3H3/b18-17+. The minimum absolute atomic E-state index is 0.957. The van der Waals surface area contributed by atoms with Gasteiger partial charge in [-0.05, 0) is 31.2 Å². The monoisotopic (exact) mass is 300 g/mol. The summed E-state index contributed by atoms with van der Waals surface area (Å²) in [4.78, 5) is 4.45. The van der Waals surface area contributed by atoms with Crippen LogP contribution in [-0.2, 0) is 0 Å². The minimum Gasteiger partial charge on any atom is -0.307 e. The van der Waals surface area contributed by atoms with E-state index in [1.807, 2.05) is 18.3 Å². The van der Waals surface area contributed by atoms with E-state index in [9.17, 15) is 0 Å². The lowest BCUT2D eigenvalue weighted by molar-refractivity contribution is 0.585. The molecule has 0 fully saturated rings. The average Bonchev–Trinajstić information content (AvgIpc) is 2.45. The van der Waals surface area contributed by atoms with E-state index in [1.165, 1.54) is 63.5 Å². The van der Waals surface area contributed by atoms with Gasteiger partial charge in [0.05, 0.1) is 6.34 Å². The van der Waals surface area contributed by atoms with Crippen molar-refractivity contribution in [2.75, 3.05) is 18.8 Å². The number of unbranched alkanes of at least 4 members (excludes halogenated alkanes) is 7. The molecule has 0 amide bonds. The van der Waals surface area contributed by atoms with E-state index in [1.54, 1.807) is 0 Å². The molecule has 0 rings (SSSR count). The van der Waals surface area contributed by atoms with E-state index in [4.69, 9.17) is 0 Å². The fourth-order valence-electron chi connectivity index (χ4n) is 2.07. The third-order valence-electron chi connectivity index (χ3n) is 3.26. The summed E-state index contributed by atoms with van der Waals surface area (Å²) in [6.07, 6.45) is 15.6. The summed E-state index contributed by atoms with van der Waals surface area (Å²) in [5.74, 6) is 1.24. The van der Waals surface area contributed by atoms with Gasteiger partial charge in [-0.25, -0.2) is 0 Å². The second kappa shape index (κ2) is 16.9. The van der Waals surface area contributed by atoms with Gasteiger partial charge in [0.1, 0.15) is 0 Å². The third-order valence-corrected chi connectivity index (χ3v) is 4.34. The lowest BCUT2D eigenvalue weighted by Gasteiger charge is -2.17. The predicted molar refractivity (Wildman–Crippen MR) is 95.7 cm³/mol. The molecule has 0 unspecified atom stereocenters. The Balaban J connectivity index is 3.44. The second-order valence-electron chi connectivity index (χ2n) is 5.47. The SMILES string of the molecule is CCCCCCCCCCSN(/C=N/CCC)CCC. The molecule has 120 valence electrons. The molecule has 0 N–H and O–H groups in total. The quantitative estimate of drug-likeness (QED) is 0.161. The molecule has 0 aliphatic carbocycles. The topological polar surface area (TPSA) is 15.6 Å². The highest BCUT2D eigenvalue weighted by Gasteiger charge is 1.99. The number of hydrogen-bond donors (Lipinski definition) is 0. The van der Waals surface area contributed by atoms with Gasteiger partial charge in [-0.15, -0.1) is 0 Å². The van der Waals surface area contributed by atoms with E-state index in [2.05, 4.69) is 30.1 Å². The number of nitrogens with zero attached hydrogens (tertiary/aromatic N) is 2. The summed E-state index contributed by atoms with van der Waals surface area (Å²) in [5, 5.41) is 0. The lowest BCUT2D eigenvalue weighted by atomic mass is 10.1. The molecule has 0 saturated heterocycles. The summed E-state index contributed by atoms with van der Waals surface area (Å²) in [5.41, 5.74) is 0. The second-order valence-corrected chi connectivity index (χ2v) is 6.61. The zero-order valence-electron chi connectivity index (χ0n) is 14.1. The van der Waals surface area contributed by atoms with Gasteiger partial charge < -0.3 is 4.31 Å². The molecule has 0 saturated carbocycles. The van der Waals surface area contributed by atoms with Gasteiger partial charge in [0.15, 0.2) is 0 Å².